The van der Waals surface area contributed by atoms with Crippen molar-refractivity contribution in [3.63, 3.8) is 0 Å². The van der Waals surface area contributed by atoms with E-state index in [2.05, 4.69) is 9.73 Å². The summed E-state index contributed by atoms with van der Waals surface area (Å²) in [5.74, 6) is -0.321. The predicted octanol–water partition coefficient (Wildman–Crippen LogP) is 1.55. The van der Waals surface area contributed by atoms with Crippen molar-refractivity contribution in [3.05, 3.63) is 17.0 Å². The molecule has 0 saturated heterocycles. The quantitative estimate of drug-likeness (QED) is 0.616. The molecule has 1 aromatic rings. The Morgan fingerprint density at radius 2 is 2.58 bits per heavy atom. The van der Waals surface area contributed by atoms with Crippen LogP contribution in [0.5, 0.6) is 0 Å². The molecule has 62 valence electrons. The van der Waals surface area contributed by atoms with Crippen LogP contribution < -0.4 is 0 Å². The first-order chi connectivity index (χ1) is 5.81. The number of rotatable bonds is 1. The lowest BCUT2D eigenvalue weighted by molar-refractivity contribution is -0.132. The number of methoxy groups -OCH3 is 1. The van der Waals surface area contributed by atoms with Gasteiger partial charge in [0, 0.05) is 6.42 Å². The van der Waals surface area contributed by atoms with Crippen LogP contribution in [0.25, 0.3) is 0 Å². The van der Waals surface area contributed by atoms with E-state index in [-0.39, 0.29) is 5.97 Å². The van der Waals surface area contributed by atoms with Gasteiger partial charge in [-0.15, -0.1) is 11.3 Å². The topological polar surface area (TPSA) is 38.7 Å². The van der Waals surface area contributed by atoms with E-state index >= 15 is 0 Å². The predicted molar refractivity (Wildman–Crippen MR) is 47.1 cm³/mol. The zero-order valence-electron chi connectivity index (χ0n) is 6.53. The fraction of sp³-hybridized carbons (Fsp3) is 0.250. The fourth-order valence-corrected chi connectivity index (χ4v) is 1.95. The molecule has 12 heavy (non-hydrogen) atoms. The molecule has 0 aliphatic carbocycles. The van der Waals surface area contributed by atoms with Crippen LogP contribution in [0, 0.1) is 0 Å². The lowest BCUT2D eigenvalue weighted by Gasteiger charge is -1.94. The molecule has 0 bridgehead atoms. The van der Waals surface area contributed by atoms with Gasteiger partial charge in [0.25, 0.3) is 0 Å². The van der Waals surface area contributed by atoms with Crippen LogP contribution in [0.15, 0.2) is 16.4 Å². The van der Waals surface area contributed by atoms with Gasteiger partial charge in [-0.3, -0.25) is 0 Å². The van der Waals surface area contributed by atoms with E-state index < -0.39 is 0 Å². The van der Waals surface area contributed by atoms with Crippen molar-refractivity contribution in [2.45, 2.75) is 6.42 Å². The van der Waals surface area contributed by atoms with Crippen molar-refractivity contribution in [1.29, 1.82) is 0 Å². The van der Waals surface area contributed by atoms with Crippen LogP contribution in [-0.2, 0) is 16.0 Å². The van der Waals surface area contributed by atoms with Crippen molar-refractivity contribution >= 4 is 28.0 Å². The average Bonchev–Trinajstić information content (AvgIpc) is 2.60. The summed E-state index contributed by atoms with van der Waals surface area (Å²) in [6.45, 7) is 0. The summed E-state index contributed by atoms with van der Waals surface area (Å²) in [5.41, 5.74) is 1.64. The minimum absolute atomic E-state index is 0.321. The molecule has 0 unspecified atom stereocenters. The molecule has 0 saturated carbocycles. The number of aliphatic imine (C=N–C) groups is 1. The maximum atomic E-state index is 11.0. The molecule has 4 heteroatoms. The highest BCUT2D eigenvalue weighted by Gasteiger charge is 2.21. The molecule has 2 heterocycles. The number of esters is 1. The minimum Gasteiger partial charge on any atom is -0.465 e. The number of fused-ring (bicyclic) bond motifs is 1. The van der Waals surface area contributed by atoms with Crippen LogP contribution in [0.1, 0.15) is 5.56 Å². The van der Waals surface area contributed by atoms with Crippen LogP contribution in [-0.4, -0.2) is 18.8 Å². The molecule has 0 atom stereocenters. The van der Waals surface area contributed by atoms with E-state index in [1.807, 2.05) is 11.4 Å². The second-order valence-corrected chi connectivity index (χ2v) is 3.37. The molecule has 2 rings (SSSR count). The fourth-order valence-electron chi connectivity index (χ4n) is 1.14. The highest BCUT2D eigenvalue weighted by molar-refractivity contribution is 7.14. The number of ether oxygens (including phenoxy) is 1. The van der Waals surface area contributed by atoms with Gasteiger partial charge in [-0.1, -0.05) is 0 Å². The van der Waals surface area contributed by atoms with Gasteiger partial charge in [0.2, 0.25) is 0 Å². The number of hydrogen-bond acceptors (Lipinski definition) is 4. The van der Waals surface area contributed by atoms with E-state index in [4.69, 9.17) is 0 Å². The zero-order valence-corrected chi connectivity index (χ0v) is 7.35. The molecule has 0 amide bonds. The Bertz CT molecular complexity index is 354. The molecular weight excluding hydrogens is 174 g/mol. The van der Waals surface area contributed by atoms with Gasteiger partial charge in [-0.25, -0.2) is 9.79 Å². The summed E-state index contributed by atoms with van der Waals surface area (Å²) >= 11 is 1.55. The molecule has 1 aliphatic heterocycles. The molecule has 0 radical (unpaired) electrons. The minimum atomic E-state index is -0.321. The standard InChI is InChI=1S/C8H7NO2S/c1-11-8(10)6-4-5-2-3-12-7(5)9-6/h2-3H,4H2,1H3. The smallest absolute Gasteiger partial charge is 0.352 e. The molecule has 1 aromatic heterocycles. The Hall–Kier alpha value is -1.16. The molecule has 0 aromatic carbocycles. The molecule has 0 N–H and O–H groups in total. The van der Waals surface area contributed by atoms with E-state index in [9.17, 15) is 4.79 Å². The Morgan fingerprint density at radius 3 is 3.25 bits per heavy atom. The maximum absolute atomic E-state index is 11.0. The van der Waals surface area contributed by atoms with E-state index in [1.165, 1.54) is 7.11 Å². The molecule has 0 spiro atoms. The van der Waals surface area contributed by atoms with Crippen LogP contribution in [0.3, 0.4) is 0 Å². The lowest BCUT2D eigenvalue weighted by atomic mass is 10.2. The Balaban J connectivity index is 2.27. The highest BCUT2D eigenvalue weighted by Crippen LogP contribution is 2.32. The van der Waals surface area contributed by atoms with Crippen molar-refractivity contribution in [2.24, 2.45) is 4.99 Å². The number of thiophene rings is 1. The van der Waals surface area contributed by atoms with Crippen molar-refractivity contribution in [3.8, 4) is 0 Å². The second kappa shape index (κ2) is 2.71. The third-order valence-electron chi connectivity index (χ3n) is 1.74. The Morgan fingerprint density at radius 1 is 1.75 bits per heavy atom. The summed E-state index contributed by atoms with van der Waals surface area (Å²) in [4.78, 5) is 15.2. The number of hydrogen-bond donors (Lipinski definition) is 0. The van der Waals surface area contributed by atoms with Gasteiger partial charge < -0.3 is 4.74 Å². The number of carbonyl (C=O) groups excluding carboxylic acids is 1. The summed E-state index contributed by atoms with van der Waals surface area (Å²) in [7, 11) is 1.37. The summed E-state index contributed by atoms with van der Waals surface area (Å²) in [5, 5.41) is 2.91. The SMILES string of the molecule is COC(=O)C1=Nc2sccc2C1. The van der Waals surface area contributed by atoms with E-state index in [0.29, 0.717) is 12.1 Å². The van der Waals surface area contributed by atoms with Gasteiger partial charge in [-0.2, -0.15) is 0 Å². The van der Waals surface area contributed by atoms with Crippen LogP contribution >= 0.6 is 11.3 Å². The van der Waals surface area contributed by atoms with Crippen LogP contribution in [0.2, 0.25) is 0 Å². The third-order valence-corrected chi connectivity index (χ3v) is 2.59. The van der Waals surface area contributed by atoms with E-state index in [1.54, 1.807) is 11.3 Å². The average molecular weight is 181 g/mol. The third kappa shape index (κ3) is 1.04. The first-order valence-electron chi connectivity index (χ1n) is 3.53. The molecule has 1 aliphatic rings. The Labute approximate surface area is 73.7 Å². The first kappa shape index (κ1) is 7.49. The van der Waals surface area contributed by atoms with Crippen molar-refractivity contribution < 1.29 is 9.53 Å². The lowest BCUT2D eigenvalue weighted by Crippen LogP contribution is -2.15. The van der Waals surface area contributed by atoms with Gasteiger partial charge in [0.05, 0.1) is 7.11 Å². The Kier molecular flexibility index (Phi) is 1.69. The van der Waals surface area contributed by atoms with Gasteiger partial charge >= 0.3 is 5.97 Å². The largest absolute Gasteiger partial charge is 0.465 e. The molecular formula is C8H7NO2S. The van der Waals surface area contributed by atoms with E-state index in [0.717, 1.165) is 10.6 Å². The summed E-state index contributed by atoms with van der Waals surface area (Å²) in [6, 6.07) is 1.99. The van der Waals surface area contributed by atoms with Crippen molar-refractivity contribution in [1.82, 2.24) is 0 Å². The molecule has 0 fully saturated rings. The van der Waals surface area contributed by atoms with Gasteiger partial charge in [0.15, 0.2) is 0 Å². The van der Waals surface area contributed by atoms with Crippen molar-refractivity contribution in [2.75, 3.05) is 7.11 Å². The number of nitrogens with zero attached hydrogens (tertiary/aromatic N) is 1. The van der Waals surface area contributed by atoms with Gasteiger partial charge in [0.1, 0.15) is 10.7 Å². The first-order valence-corrected chi connectivity index (χ1v) is 4.41. The van der Waals surface area contributed by atoms with Gasteiger partial charge in [-0.05, 0) is 17.0 Å². The monoisotopic (exact) mass is 181 g/mol. The molecule has 3 nitrogen and oxygen atoms in total. The normalized spacial score (nSPS) is 13.9. The maximum Gasteiger partial charge on any atom is 0.352 e. The summed E-state index contributed by atoms with van der Waals surface area (Å²) < 4.78 is 4.57. The zero-order chi connectivity index (χ0) is 8.55. The van der Waals surface area contributed by atoms with Crippen LogP contribution in [0.4, 0.5) is 5.00 Å². The highest BCUT2D eigenvalue weighted by atomic mass is 32.1. The number of carbonyl (C=O) groups is 1. The second-order valence-electron chi connectivity index (χ2n) is 2.48. The summed E-state index contributed by atoms with van der Waals surface area (Å²) in [6.07, 6.45) is 0.617.